The third-order valence-electron chi connectivity index (χ3n) is 4.15. The third-order valence-corrected chi connectivity index (χ3v) is 4.15. The minimum absolute atomic E-state index is 0.0991. The van der Waals surface area contributed by atoms with Crippen molar-refractivity contribution in [3.63, 3.8) is 0 Å². The zero-order chi connectivity index (χ0) is 16.3. The first-order chi connectivity index (χ1) is 10.4. The maximum atomic E-state index is 13.5. The molecule has 1 fully saturated rings. The molecule has 3 N–H and O–H groups in total. The first kappa shape index (κ1) is 16.4. The fraction of sp³-hybridized carbons (Fsp3) is 0.467. The molecule has 1 saturated carbocycles. The van der Waals surface area contributed by atoms with Crippen molar-refractivity contribution < 1.29 is 23.5 Å². The fourth-order valence-electron chi connectivity index (χ4n) is 2.67. The lowest BCUT2D eigenvalue weighted by molar-refractivity contribution is -0.137. The molecule has 0 heterocycles. The first-order valence-electron chi connectivity index (χ1n) is 7.04. The van der Waals surface area contributed by atoms with E-state index in [4.69, 9.17) is 0 Å². The van der Waals surface area contributed by atoms with Crippen LogP contribution in [0.4, 0.5) is 14.5 Å². The summed E-state index contributed by atoms with van der Waals surface area (Å²) in [6.07, 6.45) is 2.24. The van der Waals surface area contributed by atoms with Crippen molar-refractivity contribution in [3.05, 3.63) is 29.8 Å². The Kier molecular flexibility index (Phi) is 4.75. The van der Waals surface area contributed by atoms with Gasteiger partial charge in [0.15, 0.2) is 11.6 Å². The van der Waals surface area contributed by atoms with Gasteiger partial charge < -0.3 is 15.7 Å². The molecule has 2 rings (SSSR count). The van der Waals surface area contributed by atoms with Crippen LogP contribution in [0.3, 0.4) is 0 Å². The number of hydrogen-bond donors (Lipinski definition) is 3. The lowest BCUT2D eigenvalue weighted by Gasteiger charge is -2.29. The van der Waals surface area contributed by atoms with E-state index in [-0.39, 0.29) is 12.6 Å². The monoisotopic (exact) mass is 312 g/mol. The summed E-state index contributed by atoms with van der Waals surface area (Å²) >= 11 is 0. The van der Waals surface area contributed by atoms with E-state index in [1.54, 1.807) is 0 Å². The minimum atomic E-state index is -1.22. The van der Waals surface area contributed by atoms with Crippen LogP contribution in [0.2, 0.25) is 0 Å². The average molecular weight is 312 g/mol. The second kappa shape index (κ2) is 6.39. The number of rotatable bonds is 3. The van der Waals surface area contributed by atoms with Gasteiger partial charge in [-0.25, -0.2) is 8.78 Å². The van der Waals surface area contributed by atoms with Gasteiger partial charge in [0, 0.05) is 11.5 Å². The van der Waals surface area contributed by atoms with Crippen LogP contribution >= 0.6 is 0 Å². The van der Waals surface area contributed by atoms with Crippen molar-refractivity contribution in [1.82, 2.24) is 5.32 Å². The molecule has 1 aromatic rings. The minimum Gasteiger partial charge on any atom is -0.396 e. The molecular weight excluding hydrogens is 294 g/mol. The van der Waals surface area contributed by atoms with Crippen LogP contribution in [0.25, 0.3) is 0 Å². The number of nitrogens with one attached hydrogen (secondary N) is 2. The van der Waals surface area contributed by atoms with Crippen LogP contribution in [-0.2, 0) is 9.59 Å². The molecule has 0 spiro atoms. The van der Waals surface area contributed by atoms with Gasteiger partial charge in [0.25, 0.3) is 0 Å². The number of anilines is 1. The van der Waals surface area contributed by atoms with Crippen LogP contribution in [0.1, 0.15) is 26.2 Å². The van der Waals surface area contributed by atoms with Gasteiger partial charge in [-0.3, -0.25) is 9.59 Å². The second-order valence-corrected chi connectivity index (χ2v) is 5.79. The summed E-state index contributed by atoms with van der Waals surface area (Å²) in [6.45, 7) is 1.73. The first-order valence-corrected chi connectivity index (χ1v) is 7.04. The quantitative estimate of drug-likeness (QED) is 0.741. The number of hydrogen-bond acceptors (Lipinski definition) is 3. The maximum Gasteiger partial charge on any atom is 0.313 e. The van der Waals surface area contributed by atoms with Crippen molar-refractivity contribution in [2.24, 2.45) is 5.41 Å². The molecule has 0 radical (unpaired) electrons. The van der Waals surface area contributed by atoms with Crippen molar-refractivity contribution in [1.29, 1.82) is 0 Å². The van der Waals surface area contributed by atoms with Crippen molar-refractivity contribution in [2.45, 2.75) is 32.2 Å². The van der Waals surface area contributed by atoms with Crippen molar-refractivity contribution in [2.75, 3.05) is 11.9 Å². The maximum absolute atomic E-state index is 13.5. The molecule has 7 heteroatoms. The Morgan fingerprint density at radius 3 is 2.77 bits per heavy atom. The van der Waals surface area contributed by atoms with Crippen molar-refractivity contribution in [3.8, 4) is 0 Å². The van der Waals surface area contributed by atoms with Gasteiger partial charge in [0.1, 0.15) is 0 Å². The van der Waals surface area contributed by atoms with Gasteiger partial charge >= 0.3 is 11.8 Å². The van der Waals surface area contributed by atoms with Crippen LogP contribution in [0.15, 0.2) is 18.2 Å². The molecular formula is C15H18F2N2O3. The lowest BCUT2D eigenvalue weighted by atomic mass is 9.86. The zero-order valence-corrected chi connectivity index (χ0v) is 12.2. The van der Waals surface area contributed by atoms with Gasteiger partial charge in [0.05, 0.1) is 12.3 Å². The van der Waals surface area contributed by atoms with Crippen LogP contribution < -0.4 is 10.6 Å². The highest BCUT2D eigenvalue weighted by molar-refractivity contribution is 6.39. The molecule has 1 aromatic carbocycles. The Morgan fingerprint density at radius 2 is 2.09 bits per heavy atom. The summed E-state index contributed by atoms with van der Waals surface area (Å²) in [5.74, 6) is -4.33. The normalized spacial score (nSPS) is 24.1. The van der Waals surface area contributed by atoms with Gasteiger partial charge in [-0.2, -0.15) is 0 Å². The third kappa shape index (κ3) is 3.24. The number of benzene rings is 1. The van der Waals surface area contributed by atoms with Crippen LogP contribution in [0.5, 0.6) is 0 Å². The largest absolute Gasteiger partial charge is 0.396 e. The fourth-order valence-corrected chi connectivity index (χ4v) is 2.67. The topological polar surface area (TPSA) is 78.4 Å². The Morgan fingerprint density at radius 1 is 1.36 bits per heavy atom. The molecule has 2 unspecified atom stereocenters. The summed E-state index contributed by atoms with van der Waals surface area (Å²) < 4.78 is 26.5. The van der Waals surface area contributed by atoms with Crippen LogP contribution in [0, 0.1) is 17.0 Å². The van der Waals surface area contributed by atoms with E-state index < -0.39 is 34.6 Å². The lowest BCUT2D eigenvalue weighted by Crippen LogP contribution is -2.48. The summed E-state index contributed by atoms with van der Waals surface area (Å²) in [7, 11) is 0. The van der Waals surface area contributed by atoms with Gasteiger partial charge in [-0.05, 0) is 25.0 Å². The van der Waals surface area contributed by atoms with Gasteiger partial charge in [-0.1, -0.05) is 19.4 Å². The number of aliphatic hydroxyl groups is 1. The molecule has 0 bridgehead atoms. The molecule has 2 amide bonds. The van der Waals surface area contributed by atoms with E-state index >= 15 is 0 Å². The van der Waals surface area contributed by atoms with Crippen LogP contribution in [-0.4, -0.2) is 29.6 Å². The SMILES string of the molecule is CC1(CO)CCCC1NC(=O)C(=O)Nc1cccc(F)c1F. The van der Waals surface area contributed by atoms with E-state index in [2.05, 4.69) is 5.32 Å². The Labute approximate surface area is 126 Å². The molecule has 0 saturated heterocycles. The average Bonchev–Trinajstić information content (AvgIpc) is 2.85. The second-order valence-electron chi connectivity index (χ2n) is 5.79. The molecule has 22 heavy (non-hydrogen) atoms. The Bertz CT molecular complexity index is 594. The molecule has 120 valence electrons. The smallest absolute Gasteiger partial charge is 0.313 e. The molecule has 1 aliphatic carbocycles. The van der Waals surface area contributed by atoms with E-state index in [0.717, 1.165) is 25.0 Å². The molecule has 1 aliphatic rings. The van der Waals surface area contributed by atoms with E-state index in [1.165, 1.54) is 6.07 Å². The Hall–Kier alpha value is -2.02. The van der Waals surface area contributed by atoms with E-state index in [0.29, 0.717) is 6.42 Å². The molecule has 0 aliphatic heterocycles. The number of carbonyl (C=O) groups is 2. The predicted octanol–water partition coefficient (Wildman–Crippen LogP) is 1.57. The standard InChI is InChI=1S/C15H18F2N2O3/c1-15(8-20)7-3-6-11(15)19-14(22)13(21)18-10-5-2-4-9(16)12(10)17/h2,4-5,11,20H,3,6-8H2,1H3,(H,18,21)(H,19,22). The summed E-state index contributed by atoms with van der Waals surface area (Å²) in [4.78, 5) is 23.7. The highest BCUT2D eigenvalue weighted by Crippen LogP contribution is 2.37. The van der Waals surface area contributed by atoms with E-state index in [9.17, 15) is 23.5 Å². The van der Waals surface area contributed by atoms with Crippen molar-refractivity contribution >= 4 is 17.5 Å². The highest BCUT2D eigenvalue weighted by Gasteiger charge is 2.39. The molecule has 0 aromatic heterocycles. The summed E-state index contributed by atoms with van der Waals surface area (Å²) in [5, 5.41) is 14.0. The zero-order valence-electron chi connectivity index (χ0n) is 12.2. The van der Waals surface area contributed by atoms with E-state index in [1.807, 2.05) is 12.2 Å². The summed E-state index contributed by atoms with van der Waals surface area (Å²) in [6, 6.07) is 2.98. The predicted molar refractivity (Wildman–Crippen MR) is 76.0 cm³/mol. The van der Waals surface area contributed by atoms with Gasteiger partial charge in [0.2, 0.25) is 0 Å². The number of carbonyl (C=O) groups excluding carboxylic acids is 2. The number of amides is 2. The van der Waals surface area contributed by atoms with Gasteiger partial charge in [-0.15, -0.1) is 0 Å². The Balaban J connectivity index is 2.01. The number of aliphatic hydroxyl groups excluding tert-OH is 1. The highest BCUT2D eigenvalue weighted by atomic mass is 19.2. The number of halogens is 2. The summed E-state index contributed by atoms with van der Waals surface area (Å²) in [5.41, 5.74) is -0.864. The molecule has 2 atom stereocenters. The molecule has 5 nitrogen and oxygen atoms in total.